The van der Waals surface area contributed by atoms with Crippen molar-refractivity contribution < 1.29 is 9.53 Å². The Balaban J connectivity index is 1.41. The van der Waals surface area contributed by atoms with Crippen LogP contribution < -0.4 is 10.1 Å². The Morgan fingerprint density at radius 2 is 1.88 bits per heavy atom. The third-order valence-electron chi connectivity index (χ3n) is 5.54. The Kier molecular flexibility index (Phi) is 6.70. The number of hydrogen-bond donors (Lipinski definition) is 1. The van der Waals surface area contributed by atoms with E-state index < -0.39 is 0 Å². The van der Waals surface area contributed by atoms with E-state index in [4.69, 9.17) is 4.74 Å². The molecule has 2 saturated heterocycles. The molecular weight excluding hydrogens is 314 g/mol. The van der Waals surface area contributed by atoms with E-state index in [9.17, 15) is 4.79 Å². The number of nitrogens with one attached hydrogen (secondary N) is 1. The molecule has 1 N–H and O–H groups in total. The molecule has 0 unspecified atom stereocenters. The van der Waals surface area contributed by atoms with Crippen LogP contribution in [-0.4, -0.2) is 62.1 Å². The number of carbonyl (C=O) groups is 1. The van der Waals surface area contributed by atoms with Crippen LogP contribution in [0.5, 0.6) is 5.75 Å². The number of amides is 1. The average molecular weight is 345 g/mol. The number of benzene rings is 1. The normalized spacial score (nSPS) is 19.8. The van der Waals surface area contributed by atoms with Crippen molar-refractivity contribution in [2.24, 2.45) is 5.92 Å². The third kappa shape index (κ3) is 5.19. The summed E-state index contributed by atoms with van der Waals surface area (Å²) in [7, 11) is 1.72. The van der Waals surface area contributed by atoms with Gasteiger partial charge in [0.05, 0.1) is 7.11 Å². The molecule has 0 radical (unpaired) electrons. The summed E-state index contributed by atoms with van der Waals surface area (Å²) >= 11 is 0. The number of nitrogens with zero attached hydrogens (tertiary/aromatic N) is 2. The van der Waals surface area contributed by atoms with Crippen LogP contribution >= 0.6 is 0 Å². The topological polar surface area (TPSA) is 44.8 Å². The van der Waals surface area contributed by atoms with Gasteiger partial charge in [-0.15, -0.1) is 0 Å². The monoisotopic (exact) mass is 345 g/mol. The van der Waals surface area contributed by atoms with Gasteiger partial charge in [0.15, 0.2) is 0 Å². The number of para-hydroxylation sites is 1. The van der Waals surface area contributed by atoms with Crippen molar-refractivity contribution in [1.82, 2.24) is 15.1 Å². The highest BCUT2D eigenvalue weighted by Crippen LogP contribution is 2.21. The molecular formula is C20H31N3O2. The second kappa shape index (κ2) is 9.20. The molecule has 1 aromatic rings. The van der Waals surface area contributed by atoms with Crippen LogP contribution in [0.2, 0.25) is 0 Å². The predicted molar refractivity (Wildman–Crippen MR) is 99.7 cm³/mol. The molecule has 2 aliphatic rings. The summed E-state index contributed by atoms with van der Waals surface area (Å²) < 4.78 is 5.44. The number of piperidine rings is 1. The summed E-state index contributed by atoms with van der Waals surface area (Å²) in [6, 6.07) is 8.19. The number of rotatable bonds is 6. The van der Waals surface area contributed by atoms with Gasteiger partial charge < -0.3 is 15.0 Å². The molecule has 0 bridgehead atoms. The lowest BCUT2D eigenvalue weighted by molar-refractivity contribution is -0.133. The highest BCUT2D eigenvalue weighted by atomic mass is 16.5. The largest absolute Gasteiger partial charge is 0.496 e. The van der Waals surface area contributed by atoms with Gasteiger partial charge in [-0.1, -0.05) is 18.2 Å². The minimum absolute atomic E-state index is 0.343. The minimum Gasteiger partial charge on any atom is -0.496 e. The Morgan fingerprint density at radius 1 is 1.16 bits per heavy atom. The zero-order valence-electron chi connectivity index (χ0n) is 15.4. The SMILES string of the molecule is COc1ccccc1CN1CCN(C(=O)CCC2CCNCC2)CC1. The number of methoxy groups -OCH3 is 1. The van der Waals surface area contributed by atoms with Crippen LogP contribution in [0.25, 0.3) is 0 Å². The van der Waals surface area contributed by atoms with E-state index in [-0.39, 0.29) is 0 Å². The maximum atomic E-state index is 12.5. The molecule has 0 aliphatic carbocycles. The first kappa shape index (κ1) is 18.2. The fourth-order valence-corrected chi connectivity index (χ4v) is 3.89. The van der Waals surface area contributed by atoms with Gasteiger partial charge >= 0.3 is 0 Å². The quantitative estimate of drug-likeness (QED) is 0.858. The standard InChI is InChI=1S/C20H31N3O2/c1-25-19-5-3-2-4-18(19)16-22-12-14-23(15-13-22)20(24)7-6-17-8-10-21-11-9-17/h2-5,17,21H,6-16H2,1H3. The Labute approximate surface area is 151 Å². The molecule has 1 amide bonds. The number of carbonyl (C=O) groups excluding carboxylic acids is 1. The molecule has 2 heterocycles. The summed E-state index contributed by atoms with van der Waals surface area (Å²) in [6.45, 7) is 6.69. The molecule has 2 fully saturated rings. The Bertz CT molecular complexity index is 550. The highest BCUT2D eigenvalue weighted by molar-refractivity contribution is 5.76. The van der Waals surface area contributed by atoms with E-state index in [1.165, 1.54) is 18.4 Å². The van der Waals surface area contributed by atoms with E-state index in [0.717, 1.165) is 70.3 Å². The zero-order valence-corrected chi connectivity index (χ0v) is 15.4. The molecule has 5 heteroatoms. The van der Waals surface area contributed by atoms with Gasteiger partial charge in [0, 0.05) is 44.7 Å². The average Bonchev–Trinajstić information content (AvgIpc) is 2.68. The fraction of sp³-hybridized carbons (Fsp3) is 0.650. The van der Waals surface area contributed by atoms with Crippen molar-refractivity contribution in [2.75, 3.05) is 46.4 Å². The van der Waals surface area contributed by atoms with Crippen molar-refractivity contribution in [1.29, 1.82) is 0 Å². The van der Waals surface area contributed by atoms with Crippen molar-refractivity contribution in [3.8, 4) is 5.75 Å². The molecule has 2 aliphatic heterocycles. The first-order valence-corrected chi connectivity index (χ1v) is 9.59. The number of piperazine rings is 1. The van der Waals surface area contributed by atoms with Gasteiger partial charge in [0.1, 0.15) is 5.75 Å². The van der Waals surface area contributed by atoms with Gasteiger partial charge in [0.2, 0.25) is 5.91 Å². The number of hydrogen-bond acceptors (Lipinski definition) is 4. The summed E-state index contributed by atoms with van der Waals surface area (Å²) in [6.07, 6.45) is 4.22. The van der Waals surface area contributed by atoms with E-state index in [2.05, 4.69) is 27.2 Å². The lowest BCUT2D eigenvalue weighted by atomic mass is 9.93. The summed E-state index contributed by atoms with van der Waals surface area (Å²) in [4.78, 5) is 16.9. The van der Waals surface area contributed by atoms with Gasteiger partial charge in [-0.25, -0.2) is 0 Å². The summed E-state index contributed by atoms with van der Waals surface area (Å²) in [5, 5.41) is 3.39. The van der Waals surface area contributed by atoms with Crippen molar-refractivity contribution in [3.63, 3.8) is 0 Å². The van der Waals surface area contributed by atoms with Crippen LogP contribution in [0.4, 0.5) is 0 Å². The lowest BCUT2D eigenvalue weighted by Gasteiger charge is -2.35. The molecule has 1 aromatic carbocycles. The van der Waals surface area contributed by atoms with Gasteiger partial charge in [0.25, 0.3) is 0 Å². The van der Waals surface area contributed by atoms with Crippen LogP contribution in [0.1, 0.15) is 31.2 Å². The van der Waals surface area contributed by atoms with E-state index in [0.29, 0.717) is 5.91 Å². The molecule has 0 atom stereocenters. The van der Waals surface area contributed by atoms with E-state index >= 15 is 0 Å². The second-order valence-corrected chi connectivity index (χ2v) is 7.20. The molecule has 0 saturated carbocycles. The van der Waals surface area contributed by atoms with Crippen molar-refractivity contribution >= 4 is 5.91 Å². The number of ether oxygens (including phenoxy) is 1. The maximum absolute atomic E-state index is 12.5. The molecule has 138 valence electrons. The van der Waals surface area contributed by atoms with Crippen molar-refractivity contribution in [3.05, 3.63) is 29.8 Å². The Morgan fingerprint density at radius 3 is 2.60 bits per heavy atom. The van der Waals surface area contributed by atoms with Crippen LogP contribution in [0, 0.1) is 5.92 Å². The van der Waals surface area contributed by atoms with Gasteiger partial charge in [-0.05, 0) is 44.3 Å². The van der Waals surface area contributed by atoms with Gasteiger partial charge in [-0.2, -0.15) is 0 Å². The predicted octanol–water partition coefficient (Wildman–Crippen LogP) is 2.12. The molecule has 3 rings (SSSR count). The first-order valence-electron chi connectivity index (χ1n) is 9.59. The smallest absolute Gasteiger partial charge is 0.222 e. The van der Waals surface area contributed by atoms with E-state index in [1.807, 2.05) is 12.1 Å². The highest BCUT2D eigenvalue weighted by Gasteiger charge is 2.23. The first-order chi connectivity index (χ1) is 12.3. The molecule has 5 nitrogen and oxygen atoms in total. The molecule has 0 spiro atoms. The minimum atomic E-state index is 0.343. The fourth-order valence-electron chi connectivity index (χ4n) is 3.89. The maximum Gasteiger partial charge on any atom is 0.222 e. The lowest BCUT2D eigenvalue weighted by Crippen LogP contribution is -2.48. The summed E-state index contributed by atoms with van der Waals surface area (Å²) in [5.74, 6) is 2.02. The van der Waals surface area contributed by atoms with E-state index in [1.54, 1.807) is 7.11 Å². The zero-order chi connectivity index (χ0) is 17.5. The molecule has 25 heavy (non-hydrogen) atoms. The third-order valence-corrected chi connectivity index (χ3v) is 5.54. The van der Waals surface area contributed by atoms with Crippen LogP contribution in [0.15, 0.2) is 24.3 Å². The van der Waals surface area contributed by atoms with Crippen molar-refractivity contribution in [2.45, 2.75) is 32.2 Å². The van der Waals surface area contributed by atoms with Crippen LogP contribution in [-0.2, 0) is 11.3 Å². The van der Waals surface area contributed by atoms with Crippen LogP contribution in [0.3, 0.4) is 0 Å². The molecule has 0 aromatic heterocycles. The Hall–Kier alpha value is -1.59. The van der Waals surface area contributed by atoms with Gasteiger partial charge in [-0.3, -0.25) is 9.69 Å². The summed E-state index contributed by atoms with van der Waals surface area (Å²) in [5.41, 5.74) is 1.22. The second-order valence-electron chi connectivity index (χ2n) is 7.20.